The van der Waals surface area contributed by atoms with Gasteiger partial charge in [0.2, 0.25) is 0 Å². The zero-order valence-electron chi connectivity index (χ0n) is 9.78. The number of hydrogen-bond donors (Lipinski definition) is 1. The van der Waals surface area contributed by atoms with Gasteiger partial charge in [-0.1, -0.05) is 39.0 Å². The summed E-state index contributed by atoms with van der Waals surface area (Å²) in [6.07, 6.45) is 10.0. The molecule has 1 heterocycles. The lowest BCUT2D eigenvalue weighted by atomic mass is 10.1. The van der Waals surface area contributed by atoms with Crippen molar-refractivity contribution in [3.8, 4) is 0 Å². The van der Waals surface area contributed by atoms with Gasteiger partial charge in [-0.25, -0.2) is 0 Å². The highest BCUT2D eigenvalue weighted by molar-refractivity contribution is 4.97. The average Bonchev–Trinajstić information content (AvgIpc) is 2.71. The summed E-state index contributed by atoms with van der Waals surface area (Å²) in [5.74, 6) is 0. The minimum absolute atomic E-state index is 0.545. The Bertz CT molecular complexity index is 255. The Morgan fingerprint density at radius 3 is 2.60 bits per heavy atom. The Balaban J connectivity index is 2.04. The number of aryl methyl sites for hydroxylation is 1. The number of nitrogens with two attached hydrogens (primary N) is 1. The van der Waals surface area contributed by atoms with Crippen LogP contribution in [0.4, 0.5) is 0 Å². The Labute approximate surface area is 92.7 Å². The monoisotopic (exact) mass is 209 g/mol. The zero-order valence-corrected chi connectivity index (χ0v) is 9.78. The highest BCUT2D eigenvalue weighted by Gasteiger charge is 1.96. The average molecular weight is 209 g/mol. The van der Waals surface area contributed by atoms with Crippen molar-refractivity contribution in [2.24, 2.45) is 5.73 Å². The minimum Gasteiger partial charge on any atom is -0.325 e. The second-order valence-corrected chi connectivity index (χ2v) is 4.04. The fraction of sp³-hybridized carbons (Fsp3) is 0.750. The predicted molar refractivity (Wildman–Crippen MR) is 63.5 cm³/mol. The van der Waals surface area contributed by atoms with Crippen LogP contribution in [0, 0.1) is 0 Å². The molecule has 0 fully saturated rings. The lowest BCUT2D eigenvalue weighted by Crippen LogP contribution is -2.02. The maximum atomic E-state index is 5.50. The second-order valence-electron chi connectivity index (χ2n) is 4.04. The lowest BCUT2D eigenvalue weighted by molar-refractivity contribution is 0.524. The van der Waals surface area contributed by atoms with Gasteiger partial charge in [-0.3, -0.25) is 4.68 Å². The van der Waals surface area contributed by atoms with E-state index in [0.717, 1.165) is 12.2 Å². The first-order chi connectivity index (χ1) is 7.36. The Hall–Kier alpha value is -0.830. The molecular weight excluding hydrogens is 186 g/mol. The second kappa shape index (κ2) is 7.46. The molecule has 3 heteroatoms. The van der Waals surface area contributed by atoms with Crippen molar-refractivity contribution in [3.63, 3.8) is 0 Å². The summed E-state index contributed by atoms with van der Waals surface area (Å²) in [6, 6.07) is 2.00. The first-order valence-corrected chi connectivity index (χ1v) is 6.09. The molecule has 86 valence electrons. The largest absolute Gasteiger partial charge is 0.325 e. The van der Waals surface area contributed by atoms with Crippen LogP contribution >= 0.6 is 0 Å². The Kier molecular flexibility index (Phi) is 6.09. The van der Waals surface area contributed by atoms with E-state index in [9.17, 15) is 0 Å². The van der Waals surface area contributed by atoms with Gasteiger partial charge in [-0.15, -0.1) is 0 Å². The van der Waals surface area contributed by atoms with Crippen molar-refractivity contribution < 1.29 is 0 Å². The molecule has 0 unspecified atom stereocenters. The first-order valence-electron chi connectivity index (χ1n) is 6.09. The normalized spacial score (nSPS) is 10.8. The molecule has 0 aliphatic rings. The fourth-order valence-electron chi connectivity index (χ4n) is 1.69. The summed E-state index contributed by atoms with van der Waals surface area (Å²) in [5.41, 5.74) is 6.48. The van der Waals surface area contributed by atoms with Gasteiger partial charge in [0, 0.05) is 19.3 Å². The molecule has 3 nitrogen and oxygen atoms in total. The standard InChI is InChI=1S/C12H23N3/c1-2-3-4-5-6-7-9-15-10-8-12(11-13)14-15/h8,10H,2-7,9,11,13H2,1H3. The molecule has 1 rings (SSSR count). The summed E-state index contributed by atoms with van der Waals surface area (Å²) in [6.45, 7) is 3.83. The molecule has 15 heavy (non-hydrogen) atoms. The van der Waals surface area contributed by atoms with Crippen molar-refractivity contribution >= 4 is 0 Å². The quantitative estimate of drug-likeness (QED) is 0.669. The highest BCUT2D eigenvalue weighted by Crippen LogP contribution is 2.06. The van der Waals surface area contributed by atoms with Crippen LogP contribution in [0.5, 0.6) is 0 Å². The van der Waals surface area contributed by atoms with E-state index in [1.807, 2.05) is 16.9 Å². The van der Waals surface area contributed by atoms with Gasteiger partial charge < -0.3 is 5.73 Å². The number of hydrogen-bond acceptors (Lipinski definition) is 2. The molecule has 0 aromatic carbocycles. The van der Waals surface area contributed by atoms with Crippen LogP contribution in [0.1, 0.15) is 51.1 Å². The molecule has 1 aromatic heterocycles. The van der Waals surface area contributed by atoms with Gasteiger partial charge in [0.15, 0.2) is 0 Å². The van der Waals surface area contributed by atoms with Gasteiger partial charge in [0.05, 0.1) is 5.69 Å². The van der Waals surface area contributed by atoms with Gasteiger partial charge in [-0.05, 0) is 12.5 Å². The van der Waals surface area contributed by atoms with E-state index in [1.54, 1.807) is 0 Å². The van der Waals surface area contributed by atoms with Crippen molar-refractivity contribution in [1.29, 1.82) is 0 Å². The van der Waals surface area contributed by atoms with E-state index in [0.29, 0.717) is 6.54 Å². The smallest absolute Gasteiger partial charge is 0.0760 e. The van der Waals surface area contributed by atoms with E-state index in [2.05, 4.69) is 12.0 Å². The van der Waals surface area contributed by atoms with Gasteiger partial charge in [0.1, 0.15) is 0 Å². The summed E-state index contributed by atoms with van der Waals surface area (Å²) < 4.78 is 2.00. The van der Waals surface area contributed by atoms with Crippen molar-refractivity contribution in [3.05, 3.63) is 18.0 Å². The van der Waals surface area contributed by atoms with Crippen LogP contribution in [0.2, 0.25) is 0 Å². The summed E-state index contributed by atoms with van der Waals surface area (Å²) in [5, 5.41) is 4.35. The summed E-state index contributed by atoms with van der Waals surface area (Å²) in [4.78, 5) is 0. The zero-order chi connectivity index (χ0) is 10.9. The maximum absolute atomic E-state index is 5.50. The van der Waals surface area contributed by atoms with Gasteiger partial charge >= 0.3 is 0 Å². The van der Waals surface area contributed by atoms with Crippen LogP contribution in [-0.2, 0) is 13.1 Å². The van der Waals surface area contributed by atoms with Crippen LogP contribution in [0.3, 0.4) is 0 Å². The van der Waals surface area contributed by atoms with Crippen LogP contribution in [0.25, 0.3) is 0 Å². The van der Waals surface area contributed by atoms with E-state index >= 15 is 0 Å². The number of unbranched alkanes of at least 4 members (excludes halogenated alkanes) is 5. The van der Waals surface area contributed by atoms with Crippen LogP contribution in [0.15, 0.2) is 12.3 Å². The molecule has 2 N–H and O–H groups in total. The van der Waals surface area contributed by atoms with E-state index < -0.39 is 0 Å². The number of aromatic nitrogens is 2. The van der Waals surface area contributed by atoms with Gasteiger partial charge in [-0.2, -0.15) is 5.10 Å². The third-order valence-electron chi connectivity index (χ3n) is 2.65. The van der Waals surface area contributed by atoms with Crippen LogP contribution < -0.4 is 5.73 Å². The van der Waals surface area contributed by atoms with E-state index in [4.69, 9.17) is 5.73 Å². The molecule has 0 saturated carbocycles. The fourth-order valence-corrected chi connectivity index (χ4v) is 1.69. The Morgan fingerprint density at radius 2 is 1.93 bits per heavy atom. The topological polar surface area (TPSA) is 43.8 Å². The van der Waals surface area contributed by atoms with Crippen LogP contribution in [-0.4, -0.2) is 9.78 Å². The summed E-state index contributed by atoms with van der Waals surface area (Å²) >= 11 is 0. The molecule has 0 radical (unpaired) electrons. The molecule has 0 saturated heterocycles. The van der Waals surface area contributed by atoms with Crippen molar-refractivity contribution in [1.82, 2.24) is 9.78 Å². The van der Waals surface area contributed by atoms with Gasteiger partial charge in [0.25, 0.3) is 0 Å². The maximum Gasteiger partial charge on any atom is 0.0760 e. The first kappa shape index (κ1) is 12.2. The molecule has 0 amide bonds. The molecule has 1 aromatic rings. The third kappa shape index (κ3) is 4.98. The number of rotatable bonds is 8. The molecular formula is C12H23N3. The lowest BCUT2D eigenvalue weighted by Gasteiger charge is -2.01. The third-order valence-corrected chi connectivity index (χ3v) is 2.65. The summed E-state index contributed by atoms with van der Waals surface area (Å²) in [7, 11) is 0. The van der Waals surface area contributed by atoms with Crippen molar-refractivity contribution in [2.75, 3.05) is 0 Å². The molecule has 0 spiro atoms. The predicted octanol–water partition coefficient (Wildman–Crippen LogP) is 2.70. The highest BCUT2D eigenvalue weighted by atomic mass is 15.3. The molecule has 0 bridgehead atoms. The molecule has 0 atom stereocenters. The van der Waals surface area contributed by atoms with E-state index in [-0.39, 0.29) is 0 Å². The SMILES string of the molecule is CCCCCCCCn1ccc(CN)n1. The molecule has 0 aliphatic heterocycles. The number of nitrogens with zero attached hydrogens (tertiary/aromatic N) is 2. The minimum atomic E-state index is 0.545. The van der Waals surface area contributed by atoms with E-state index in [1.165, 1.54) is 38.5 Å². The van der Waals surface area contributed by atoms with Crippen molar-refractivity contribution in [2.45, 2.75) is 58.5 Å². The Morgan fingerprint density at radius 1 is 1.20 bits per heavy atom. The molecule has 0 aliphatic carbocycles.